The molecule has 0 spiro atoms. The maximum atomic E-state index is 11.6. The molecule has 1 atom stereocenters. The first-order valence-electron chi connectivity index (χ1n) is 6.87. The summed E-state index contributed by atoms with van der Waals surface area (Å²) in [5.74, 6) is 0.592. The largest absolute Gasteiger partial charge is 0.356 e. The van der Waals surface area contributed by atoms with Gasteiger partial charge in [0.05, 0.1) is 0 Å². The van der Waals surface area contributed by atoms with Crippen LogP contribution in [0, 0.1) is 5.92 Å². The molecule has 0 bridgehead atoms. The molecule has 0 fully saturated rings. The third-order valence-corrected chi connectivity index (χ3v) is 3.68. The van der Waals surface area contributed by atoms with Crippen molar-refractivity contribution >= 4 is 34.2 Å². The van der Waals surface area contributed by atoms with E-state index in [2.05, 4.69) is 40.3 Å². The summed E-state index contributed by atoms with van der Waals surface area (Å²) in [6, 6.07) is 8.34. The molecule has 1 aromatic carbocycles. The van der Waals surface area contributed by atoms with Crippen LogP contribution >= 0.6 is 28.3 Å². The lowest BCUT2D eigenvalue weighted by molar-refractivity contribution is -0.121. The zero-order chi connectivity index (χ0) is 14.1. The second-order valence-electron chi connectivity index (χ2n) is 4.80. The van der Waals surface area contributed by atoms with Gasteiger partial charge in [0.25, 0.3) is 0 Å². The second kappa shape index (κ2) is 11.1. The van der Waals surface area contributed by atoms with E-state index >= 15 is 0 Å². The maximum Gasteiger partial charge on any atom is 0.220 e. The van der Waals surface area contributed by atoms with Crippen molar-refractivity contribution in [3.63, 3.8) is 0 Å². The molecule has 3 N–H and O–H groups in total. The lowest BCUT2D eigenvalue weighted by Gasteiger charge is -2.16. The van der Waals surface area contributed by atoms with Crippen molar-refractivity contribution in [1.82, 2.24) is 5.32 Å². The number of amides is 1. The van der Waals surface area contributed by atoms with Crippen LogP contribution < -0.4 is 11.1 Å². The summed E-state index contributed by atoms with van der Waals surface area (Å²) in [6.45, 7) is 3.48. The standard InChI is InChI=1S/C15H23BrN2O.ClH/c1-2-12(11-18-15(19)7-4-8-17)9-13-5-3-6-14(16)10-13;/h3,5-6,10,12H,2,4,7-9,11,17H2,1H3,(H,18,19);1H. The van der Waals surface area contributed by atoms with Crippen molar-refractivity contribution < 1.29 is 4.79 Å². The van der Waals surface area contributed by atoms with Gasteiger partial charge in [0.2, 0.25) is 5.91 Å². The van der Waals surface area contributed by atoms with Gasteiger partial charge in [-0.25, -0.2) is 0 Å². The molecule has 0 aromatic heterocycles. The number of hydrogen-bond donors (Lipinski definition) is 2. The van der Waals surface area contributed by atoms with Gasteiger partial charge in [-0.1, -0.05) is 41.4 Å². The normalized spacial score (nSPS) is 11.6. The van der Waals surface area contributed by atoms with Gasteiger partial charge in [-0.15, -0.1) is 12.4 Å². The molecule has 0 saturated carbocycles. The molecule has 1 aromatic rings. The first kappa shape index (κ1) is 19.4. The highest BCUT2D eigenvalue weighted by Crippen LogP contribution is 2.16. The highest BCUT2D eigenvalue weighted by atomic mass is 79.9. The molecule has 1 unspecified atom stereocenters. The van der Waals surface area contributed by atoms with Gasteiger partial charge in [-0.2, -0.15) is 0 Å². The van der Waals surface area contributed by atoms with Gasteiger partial charge in [0, 0.05) is 17.4 Å². The number of nitrogens with one attached hydrogen (secondary N) is 1. The monoisotopic (exact) mass is 362 g/mol. The minimum absolute atomic E-state index is 0. The SMILES string of the molecule is CCC(CNC(=O)CCCN)Cc1cccc(Br)c1.Cl. The quantitative estimate of drug-likeness (QED) is 0.744. The van der Waals surface area contributed by atoms with Crippen LogP contribution in [-0.2, 0) is 11.2 Å². The summed E-state index contributed by atoms with van der Waals surface area (Å²) in [5.41, 5.74) is 6.69. The van der Waals surface area contributed by atoms with Gasteiger partial charge in [-0.05, 0) is 43.0 Å². The Labute approximate surface area is 136 Å². The molecule has 0 radical (unpaired) electrons. The fourth-order valence-corrected chi connectivity index (χ4v) is 2.41. The Kier molecular flexibility index (Phi) is 10.8. The first-order chi connectivity index (χ1) is 9.15. The van der Waals surface area contributed by atoms with Crippen LogP contribution in [0.2, 0.25) is 0 Å². The number of rotatable bonds is 8. The molecule has 0 saturated heterocycles. The van der Waals surface area contributed by atoms with Gasteiger partial charge >= 0.3 is 0 Å². The Morgan fingerprint density at radius 2 is 2.20 bits per heavy atom. The zero-order valence-electron chi connectivity index (χ0n) is 11.9. The number of carbonyl (C=O) groups excluding carboxylic acids is 1. The third-order valence-electron chi connectivity index (χ3n) is 3.19. The van der Waals surface area contributed by atoms with Crippen LogP contribution in [0.15, 0.2) is 28.7 Å². The Hall–Kier alpha value is -0.580. The molecule has 114 valence electrons. The molecule has 3 nitrogen and oxygen atoms in total. The number of benzene rings is 1. The van der Waals surface area contributed by atoms with E-state index in [0.29, 0.717) is 18.9 Å². The van der Waals surface area contributed by atoms with E-state index in [1.54, 1.807) is 0 Å². The maximum absolute atomic E-state index is 11.6. The van der Waals surface area contributed by atoms with E-state index in [4.69, 9.17) is 5.73 Å². The van der Waals surface area contributed by atoms with Crippen molar-refractivity contribution in [2.75, 3.05) is 13.1 Å². The predicted molar refractivity (Wildman–Crippen MR) is 90.2 cm³/mol. The van der Waals surface area contributed by atoms with Gasteiger partial charge in [0.15, 0.2) is 0 Å². The lowest BCUT2D eigenvalue weighted by atomic mass is 9.97. The smallest absolute Gasteiger partial charge is 0.220 e. The van der Waals surface area contributed by atoms with E-state index in [1.165, 1.54) is 5.56 Å². The topological polar surface area (TPSA) is 55.1 Å². The Morgan fingerprint density at radius 3 is 2.80 bits per heavy atom. The number of nitrogens with two attached hydrogens (primary N) is 1. The van der Waals surface area contributed by atoms with Crippen molar-refractivity contribution in [1.29, 1.82) is 0 Å². The summed E-state index contributed by atoms with van der Waals surface area (Å²) in [7, 11) is 0. The van der Waals surface area contributed by atoms with Crippen LogP contribution in [0.3, 0.4) is 0 Å². The highest BCUT2D eigenvalue weighted by molar-refractivity contribution is 9.10. The van der Waals surface area contributed by atoms with Crippen LogP contribution in [0.5, 0.6) is 0 Å². The zero-order valence-corrected chi connectivity index (χ0v) is 14.3. The van der Waals surface area contributed by atoms with E-state index in [9.17, 15) is 4.79 Å². The number of hydrogen-bond acceptors (Lipinski definition) is 2. The van der Waals surface area contributed by atoms with Crippen molar-refractivity contribution in [3.05, 3.63) is 34.3 Å². The number of halogens is 2. The van der Waals surface area contributed by atoms with E-state index < -0.39 is 0 Å². The van der Waals surface area contributed by atoms with Crippen LogP contribution in [0.4, 0.5) is 0 Å². The molecular weight excluding hydrogens is 340 g/mol. The predicted octanol–water partition coefficient (Wildman–Crippen LogP) is 3.29. The average Bonchev–Trinajstić information content (AvgIpc) is 2.41. The summed E-state index contributed by atoms with van der Waals surface area (Å²) < 4.78 is 1.10. The molecule has 0 aliphatic heterocycles. The van der Waals surface area contributed by atoms with Crippen LogP contribution in [-0.4, -0.2) is 19.0 Å². The molecule has 1 rings (SSSR count). The van der Waals surface area contributed by atoms with Gasteiger partial charge in [0.1, 0.15) is 0 Å². The highest BCUT2D eigenvalue weighted by Gasteiger charge is 2.09. The average molecular weight is 364 g/mol. The Morgan fingerprint density at radius 1 is 1.45 bits per heavy atom. The number of carbonyl (C=O) groups is 1. The van der Waals surface area contributed by atoms with E-state index in [-0.39, 0.29) is 18.3 Å². The van der Waals surface area contributed by atoms with E-state index in [1.807, 2.05) is 12.1 Å². The molecular formula is C15H24BrClN2O. The van der Waals surface area contributed by atoms with E-state index in [0.717, 1.165) is 30.3 Å². The first-order valence-corrected chi connectivity index (χ1v) is 7.66. The second-order valence-corrected chi connectivity index (χ2v) is 5.72. The minimum Gasteiger partial charge on any atom is -0.356 e. The van der Waals surface area contributed by atoms with Crippen LogP contribution in [0.1, 0.15) is 31.7 Å². The molecule has 1 amide bonds. The van der Waals surface area contributed by atoms with Crippen molar-refractivity contribution in [3.8, 4) is 0 Å². The molecule has 0 heterocycles. The van der Waals surface area contributed by atoms with Crippen molar-refractivity contribution in [2.24, 2.45) is 11.7 Å². The summed E-state index contributed by atoms with van der Waals surface area (Å²) in [5, 5.41) is 3.00. The summed E-state index contributed by atoms with van der Waals surface area (Å²) in [4.78, 5) is 11.6. The van der Waals surface area contributed by atoms with Gasteiger partial charge < -0.3 is 11.1 Å². The Bertz CT molecular complexity index is 401. The molecule has 5 heteroatoms. The van der Waals surface area contributed by atoms with Gasteiger partial charge in [-0.3, -0.25) is 4.79 Å². The van der Waals surface area contributed by atoms with Crippen molar-refractivity contribution in [2.45, 2.75) is 32.6 Å². The molecule has 0 aliphatic rings. The lowest BCUT2D eigenvalue weighted by Crippen LogP contribution is -2.30. The third kappa shape index (κ3) is 7.88. The summed E-state index contributed by atoms with van der Waals surface area (Å²) in [6.07, 6.45) is 3.34. The van der Waals surface area contributed by atoms with Crippen LogP contribution in [0.25, 0.3) is 0 Å². The molecule has 20 heavy (non-hydrogen) atoms. The fourth-order valence-electron chi connectivity index (χ4n) is 1.97. The minimum atomic E-state index is 0. The fraction of sp³-hybridized carbons (Fsp3) is 0.533. The summed E-state index contributed by atoms with van der Waals surface area (Å²) >= 11 is 3.48. The molecule has 0 aliphatic carbocycles. The Balaban J connectivity index is 0.00000361.